The van der Waals surface area contributed by atoms with Gasteiger partial charge in [-0.05, 0) is 0 Å². The van der Waals surface area contributed by atoms with Gasteiger partial charge in [-0.2, -0.15) is 0 Å². The second kappa shape index (κ2) is 5.60. The fourth-order valence-electron chi connectivity index (χ4n) is 1.31. The van der Waals surface area contributed by atoms with E-state index in [4.69, 9.17) is 33.7 Å². The lowest BCUT2D eigenvalue weighted by Crippen LogP contribution is -1.98. The molecule has 0 saturated carbocycles. The van der Waals surface area contributed by atoms with E-state index in [2.05, 4.69) is 4.98 Å². The number of nitro benzene ring substituents is 1. The van der Waals surface area contributed by atoms with Gasteiger partial charge in [0.2, 0.25) is 0 Å². The van der Waals surface area contributed by atoms with Gasteiger partial charge in [0.05, 0.1) is 19.8 Å². The highest BCUT2D eigenvalue weighted by Gasteiger charge is 2.18. The topological polar surface area (TPSA) is 91.3 Å². The molecular weight excluding hydrogens is 313 g/mol. The Morgan fingerprint density at radius 2 is 2.11 bits per heavy atom. The first-order chi connectivity index (χ1) is 8.97. The van der Waals surface area contributed by atoms with Crippen LogP contribution in [0, 0.1) is 10.1 Å². The van der Waals surface area contributed by atoms with Crippen LogP contribution in [0.25, 0.3) is 0 Å². The Morgan fingerprint density at radius 1 is 1.42 bits per heavy atom. The van der Waals surface area contributed by atoms with Gasteiger partial charge in [-0.1, -0.05) is 34.5 Å². The molecule has 0 aliphatic heterocycles. The zero-order chi connectivity index (χ0) is 14.0. The van der Waals surface area contributed by atoms with Gasteiger partial charge in [-0.25, -0.2) is 4.98 Å². The SMILES string of the molecule is Nc1ncc(COc2cc(Cl)c(Cl)cc2[N+](=O)[O-])s1. The standard InChI is InChI=1S/C10H7Cl2N3O3S/c11-6-1-8(15(16)17)9(2-7(6)12)18-4-5-3-14-10(13)19-5/h1-3H,4H2,(H2,13,14). The summed E-state index contributed by atoms with van der Waals surface area (Å²) in [5, 5.41) is 11.6. The van der Waals surface area contributed by atoms with E-state index in [0.717, 1.165) is 10.9 Å². The van der Waals surface area contributed by atoms with Gasteiger partial charge in [-0.3, -0.25) is 10.1 Å². The summed E-state index contributed by atoms with van der Waals surface area (Å²) in [6.45, 7) is 0.119. The highest BCUT2D eigenvalue weighted by Crippen LogP contribution is 2.36. The first-order valence-corrected chi connectivity index (χ1v) is 6.51. The number of nitrogens with two attached hydrogens (primary N) is 1. The summed E-state index contributed by atoms with van der Waals surface area (Å²) in [6, 6.07) is 2.46. The van der Waals surface area contributed by atoms with Crippen molar-refractivity contribution in [3.63, 3.8) is 0 Å². The van der Waals surface area contributed by atoms with E-state index in [0.29, 0.717) is 5.13 Å². The smallest absolute Gasteiger partial charge is 0.312 e. The molecule has 0 spiro atoms. The molecule has 0 saturated heterocycles. The molecule has 0 radical (unpaired) electrons. The molecule has 0 amide bonds. The summed E-state index contributed by atoms with van der Waals surface area (Å²) in [5.41, 5.74) is 5.23. The number of hydrogen-bond acceptors (Lipinski definition) is 6. The number of nitro groups is 1. The minimum atomic E-state index is -0.585. The van der Waals surface area contributed by atoms with Crippen LogP contribution in [0.2, 0.25) is 10.0 Å². The lowest BCUT2D eigenvalue weighted by Gasteiger charge is -2.06. The Bertz CT molecular complexity index is 632. The van der Waals surface area contributed by atoms with Crippen molar-refractivity contribution in [3.8, 4) is 5.75 Å². The van der Waals surface area contributed by atoms with Crippen molar-refractivity contribution in [2.45, 2.75) is 6.61 Å². The van der Waals surface area contributed by atoms with Crippen LogP contribution in [0.5, 0.6) is 5.75 Å². The molecular formula is C10H7Cl2N3O3S. The largest absolute Gasteiger partial charge is 0.481 e. The van der Waals surface area contributed by atoms with Crippen molar-refractivity contribution in [2.75, 3.05) is 5.73 Å². The van der Waals surface area contributed by atoms with Crippen LogP contribution in [-0.2, 0) is 6.61 Å². The molecule has 9 heteroatoms. The lowest BCUT2D eigenvalue weighted by atomic mass is 10.3. The molecule has 2 N–H and O–H groups in total. The number of thiazole rings is 1. The fourth-order valence-corrected chi connectivity index (χ4v) is 2.22. The predicted octanol–water partition coefficient (Wildman–Crippen LogP) is 3.52. The molecule has 0 bridgehead atoms. The molecule has 0 unspecified atom stereocenters. The van der Waals surface area contributed by atoms with Crippen LogP contribution in [0.15, 0.2) is 18.3 Å². The van der Waals surface area contributed by atoms with E-state index in [1.807, 2.05) is 0 Å². The number of nitrogens with zero attached hydrogens (tertiary/aromatic N) is 2. The highest BCUT2D eigenvalue weighted by molar-refractivity contribution is 7.15. The van der Waals surface area contributed by atoms with Crippen LogP contribution < -0.4 is 10.5 Å². The van der Waals surface area contributed by atoms with Gasteiger partial charge in [0.25, 0.3) is 0 Å². The molecule has 2 rings (SSSR count). The molecule has 19 heavy (non-hydrogen) atoms. The number of aromatic nitrogens is 1. The Labute approximate surface area is 121 Å². The van der Waals surface area contributed by atoms with Crippen LogP contribution in [0.3, 0.4) is 0 Å². The summed E-state index contributed by atoms with van der Waals surface area (Å²) < 4.78 is 5.36. The van der Waals surface area contributed by atoms with Gasteiger partial charge in [0.1, 0.15) is 6.61 Å². The van der Waals surface area contributed by atoms with Crippen LogP contribution in [0.4, 0.5) is 10.8 Å². The van der Waals surface area contributed by atoms with E-state index in [9.17, 15) is 10.1 Å². The van der Waals surface area contributed by atoms with Crippen LogP contribution in [-0.4, -0.2) is 9.91 Å². The first kappa shape index (κ1) is 13.9. The van der Waals surface area contributed by atoms with Gasteiger partial charge in [0, 0.05) is 18.3 Å². The summed E-state index contributed by atoms with van der Waals surface area (Å²) in [4.78, 5) is 14.9. The summed E-state index contributed by atoms with van der Waals surface area (Å²) in [5.74, 6) is 0.0476. The zero-order valence-corrected chi connectivity index (χ0v) is 11.6. The van der Waals surface area contributed by atoms with Gasteiger partial charge >= 0.3 is 5.69 Å². The van der Waals surface area contributed by atoms with Crippen LogP contribution >= 0.6 is 34.5 Å². The molecule has 6 nitrogen and oxygen atoms in total. The van der Waals surface area contributed by atoms with Crippen molar-refractivity contribution < 1.29 is 9.66 Å². The molecule has 0 atom stereocenters. The van der Waals surface area contributed by atoms with E-state index in [1.165, 1.54) is 17.4 Å². The first-order valence-electron chi connectivity index (χ1n) is 4.94. The number of anilines is 1. The van der Waals surface area contributed by atoms with Crippen molar-refractivity contribution in [2.24, 2.45) is 0 Å². The summed E-state index contributed by atoms with van der Waals surface area (Å²) >= 11 is 12.8. The number of benzene rings is 1. The fraction of sp³-hybridized carbons (Fsp3) is 0.100. The molecule has 100 valence electrons. The summed E-state index contributed by atoms with van der Waals surface area (Å²) in [6.07, 6.45) is 1.54. The predicted molar refractivity (Wildman–Crippen MR) is 74.0 cm³/mol. The second-order valence-corrected chi connectivity index (χ2v) is 5.41. The monoisotopic (exact) mass is 319 g/mol. The van der Waals surface area contributed by atoms with Gasteiger partial charge in [0.15, 0.2) is 10.9 Å². The molecule has 0 aliphatic carbocycles. The van der Waals surface area contributed by atoms with Crippen molar-refractivity contribution >= 4 is 45.4 Å². The maximum absolute atomic E-state index is 10.9. The minimum Gasteiger partial charge on any atom is -0.481 e. The maximum atomic E-state index is 10.9. The lowest BCUT2D eigenvalue weighted by molar-refractivity contribution is -0.385. The zero-order valence-electron chi connectivity index (χ0n) is 9.30. The number of ether oxygens (including phenoxy) is 1. The summed E-state index contributed by atoms with van der Waals surface area (Å²) in [7, 11) is 0. The number of rotatable bonds is 4. The third-order valence-corrected chi connectivity index (χ3v) is 3.66. The van der Waals surface area contributed by atoms with Gasteiger partial charge in [-0.15, -0.1) is 0 Å². The average Bonchev–Trinajstić information content (AvgIpc) is 2.76. The Kier molecular flexibility index (Phi) is 4.08. The molecule has 1 aromatic carbocycles. The third-order valence-electron chi connectivity index (χ3n) is 2.14. The Morgan fingerprint density at radius 3 is 2.68 bits per heavy atom. The molecule has 1 aromatic heterocycles. The third kappa shape index (κ3) is 3.25. The molecule has 0 aliphatic rings. The number of halogens is 2. The Hall–Kier alpha value is -1.57. The van der Waals surface area contributed by atoms with Gasteiger partial charge < -0.3 is 10.5 Å². The van der Waals surface area contributed by atoms with E-state index in [1.54, 1.807) is 6.20 Å². The quantitative estimate of drug-likeness (QED) is 0.687. The van der Waals surface area contributed by atoms with Crippen molar-refractivity contribution in [1.82, 2.24) is 4.98 Å². The van der Waals surface area contributed by atoms with Crippen molar-refractivity contribution in [1.29, 1.82) is 0 Å². The number of nitrogen functional groups attached to an aromatic ring is 1. The number of hydrogen-bond donors (Lipinski definition) is 1. The second-order valence-electron chi connectivity index (χ2n) is 3.44. The normalized spacial score (nSPS) is 10.4. The van der Waals surface area contributed by atoms with E-state index < -0.39 is 4.92 Å². The maximum Gasteiger partial charge on any atom is 0.312 e. The van der Waals surface area contributed by atoms with Crippen LogP contribution in [0.1, 0.15) is 4.88 Å². The average molecular weight is 320 g/mol. The Balaban J connectivity index is 2.23. The van der Waals surface area contributed by atoms with E-state index in [-0.39, 0.29) is 28.1 Å². The molecule has 0 fully saturated rings. The van der Waals surface area contributed by atoms with Crippen molar-refractivity contribution in [3.05, 3.63) is 43.4 Å². The van der Waals surface area contributed by atoms with E-state index >= 15 is 0 Å². The molecule has 2 aromatic rings. The molecule has 1 heterocycles. The minimum absolute atomic E-state index is 0.0476. The highest BCUT2D eigenvalue weighted by atomic mass is 35.5.